The third-order valence-electron chi connectivity index (χ3n) is 7.12. The SMILES string of the molecule is CCC(=O)N(CCN1CCOCC1)CC(=O)N1N=C(c2ccc(OC)cc2OC)CC1c1ccc(C)cc1. The summed E-state index contributed by atoms with van der Waals surface area (Å²) in [5.41, 5.74) is 3.71. The molecule has 2 aliphatic rings. The largest absolute Gasteiger partial charge is 0.497 e. The monoisotopic (exact) mass is 522 g/mol. The van der Waals surface area contributed by atoms with Crippen molar-refractivity contribution in [1.82, 2.24) is 14.8 Å². The normalized spacial score (nSPS) is 17.7. The number of carbonyl (C=O) groups excluding carboxylic acids is 2. The molecule has 4 rings (SSSR count). The van der Waals surface area contributed by atoms with Crippen molar-refractivity contribution in [3.63, 3.8) is 0 Å². The highest BCUT2D eigenvalue weighted by Gasteiger charge is 2.35. The standard InChI is InChI=1S/C29H38N4O5/c1-5-28(34)32(13-12-31-14-16-38-17-15-31)20-29(35)33-26(22-8-6-21(2)7-9-22)19-25(30-33)24-11-10-23(36-3)18-27(24)37-4/h6-11,18,26H,5,12-17,19-20H2,1-4H3. The van der Waals surface area contributed by atoms with Crippen LogP contribution in [0.3, 0.4) is 0 Å². The lowest BCUT2D eigenvalue weighted by molar-refractivity contribution is -0.141. The number of hydrogen-bond donors (Lipinski definition) is 0. The molecule has 2 aromatic carbocycles. The number of amides is 2. The van der Waals surface area contributed by atoms with Gasteiger partial charge >= 0.3 is 0 Å². The Morgan fingerprint density at radius 1 is 1.08 bits per heavy atom. The van der Waals surface area contributed by atoms with Crippen molar-refractivity contribution in [2.45, 2.75) is 32.7 Å². The Bertz CT molecular complexity index is 1140. The molecule has 1 fully saturated rings. The van der Waals surface area contributed by atoms with Crippen LogP contribution in [-0.4, -0.2) is 92.5 Å². The highest BCUT2D eigenvalue weighted by molar-refractivity contribution is 6.05. The van der Waals surface area contributed by atoms with Crippen LogP contribution in [0.2, 0.25) is 0 Å². The Labute approximate surface area is 224 Å². The fourth-order valence-electron chi connectivity index (χ4n) is 4.83. The van der Waals surface area contributed by atoms with Gasteiger partial charge in [-0.1, -0.05) is 36.8 Å². The van der Waals surface area contributed by atoms with Crippen LogP contribution >= 0.6 is 0 Å². The van der Waals surface area contributed by atoms with E-state index in [9.17, 15) is 9.59 Å². The predicted octanol–water partition coefficient (Wildman–Crippen LogP) is 3.26. The average molecular weight is 523 g/mol. The van der Waals surface area contributed by atoms with E-state index in [0.29, 0.717) is 50.6 Å². The minimum absolute atomic E-state index is 0.0180. The van der Waals surface area contributed by atoms with Crippen LogP contribution in [0.25, 0.3) is 0 Å². The van der Waals surface area contributed by atoms with E-state index in [1.807, 2.05) is 56.3 Å². The number of benzene rings is 2. The summed E-state index contributed by atoms with van der Waals surface area (Å²) in [5.74, 6) is 1.06. The molecule has 1 unspecified atom stereocenters. The van der Waals surface area contributed by atoms with Crippen LogP contribution in [0.5, 0.6) is 11.5 Å². The van der Waals surface area contributed by atoms with Crippen molar-refractivity contribution in [3.8, 4) is 11.5 Å². The van der Waals surface area contributed by atoms with Crippen LogP contribution in [-0.2, 0) is 14.3 Å². The van der Waals surface area contributed by atoms with E-state index in [0.717, 1.165) is 35.5 Å². The molecular formula is C29H38N4O5. The molecule has 2 aromatic rings. The summed E-state index contributed by atoms with van der Waals surface area (Å²) in [5, 5.41) is 6.36. The molecule has 2 heterocycles. The van der Waals surface area contributed by atoms with Gasteiger partial charge < -0.3 is 19.1 Å². The zero-order chi connectivity index (χ0) is 27.1. The van der Waals surface area contributed by atoms with Crippen molar-refractivity contribution in [2.75, 3.05) is 60.2 Å². The van der Waals surface area contributed by atoms with Gasteiger partial charge in [0.1, 0.15) is 18.0 Å². The molecular weight excluding hydrogens is 484 g/mol. The molecule has 0 aliphatic carbocycles. The number of rotatable bonds is 10. The average Bonchev–Trinajstić information content (AvgIpc) is 3.40. The van der Waals surface area contributed by atoms with Crippen LogP contribution in [0.15, 0.2) is 47.6 Å². The van der Waals surface area contributed by atoms with E-state index in [2.05, 4.69) is 4.90 Å². The van der Waals surface area contributed by atoms with E-state index in [-0.39, 0.29) is 24.4 Å². The van der Waals surface area contributed by atoms with E-state index >= 15 is 0 Å². The smallest absolute Gasteiger partial charge is 0.262 e. The second-order valence-corrected chi connectivity index (χ2v) is 9.60. The Hall–Kier alpha value is -3.43. The van der Waals surface area contributed by atoms with Crippen LogP contribution < -0.4 is 9.47 Å². The van der Waals surface area contributed by atoms with Crippen molar-refractivity contribution >= 4 is 17.5 Å². The van der Waals surface area contributed by atoms with Gasteiger partial charge in [-0.25, -0.2) is 5.01 Å². The summed E-state index contributed by atoms with van der Waals surface area (Å²) in [6, 6.07) is 13.5. The van der Waals surface area contributed by atoms with Gasteiger partial charge in [-0.05, 0) is 24.6 Å². The molecule has 0 bridgehead atoms. The van der Waals surface area contributed by atoms with Gasteiger partial charge in [0.15, 0.2) is 0 Å². The predicted molar refractivity (Wildman–Crippen MR) is 146 cm³/mol. The topological polar surface area (TPSA) is 83.9 Å². The maximum absolute atomic E-state index is 13.7. The molecule has 0 saturated carbocycles. The summed E-state index contributed by atoms with van der Waals surface area (Å²) >= 11 is 0. The van der Waals surface area contributed by atoms with E-state index in [1.54, 1.807) is 24.1 Å². The van der Waals surface area contributed by atoms with Crippen LogP contribution in [0, 0.1) is 6.92 Å². The minimum atomic E-state index is -0.275. The second-order valence-electron chi connectivity index (χ2n) is 9.60. The summed E-state index contributed by atoms with van der Waals surface area (Å²) in [4.78, 5) is 30.5. The number of morpholine rings is 1. The fourth-order valence-corrected chi connectivity index (χ4v) is 4.83. The van der Waals surface area contributed by atoms with E-state index in [1.165, 1.54) is 0 Å². The number of hydrogen-bond acceptors (Lipinski definition) is 7. The first-order valence-electron chi connectivity index (χ1n) is 13.2. The quantitative estimate of drug-likeness (QED) is 0.476. The van der Waals surface area contributed by atoms with Gasteiger partial charge in [-0.2, -0.15) is 5.10 Å². The number of aryl methyl sites for hydroxylation is 1. The summed E-state index contributed by atoms with van der Waals surface area (Å²) in [7, 11) is 3.22. The molecule has 2 amide bonds. The maximum Gasteiger partial charge on any atom is 0.262 e. The molecule has 1 atom stereocenters. The molecule has 38 heavy (non-hydrogen) atoms. The third-order valence-corrected chi connectivity index (χ3v) is 7.12. The summed E-state index contributed by atoms with van der Waals surface area (Å²) in [6.07, 6.45) is 0.877. The molecule has 0 aromatic heterocycles. The Morgan fingerprint density at radius 3 is 2.47 bits per heavy atom. The third kappa shape index (κ3) is 6.52. The number of ether oxygens (including phenoxy) is 3. The molecule has 0 radical (unpaired) electrons. The Kier molecular flexibility index (Phi) is 9.36. The van der Waals surface area contributed by atoms with Crippen molar-refractivity contribution < 1.29 is 23.8 Å². The maximum atomic E-state index is 13.7. The Balaban J connectivity index is 1.59. The molecule has 2 aliphatic heterocycles. The van der Waals surface area contributed by atoms with Crippen LogP contribution in [0.1, 0.15) is 42.5 Å². The first-order valence-corrected chi connectivity index (χ1v) is 13.2. The number of nitrogens with zero attached hydrogens (tertiary/aromatic N) is 4. The molecule has 204 valence electrons. The van der Waals surface area contributed by atoms with Gasteiger partial charge in [0, 0.05) is 50.7 Å². The number of carbonyl (C=O) groups is 2. The lowest BCUT2D eigenvalue weighted by atomic mass is 9.97. The second kappa shape index (κ2) is 12.9. The lowest BCUT2D eigenvalue weighted by Crippen LogP contribution is -2.46. The van der Waals surface area contributed by atoms with E-state index in [4.69, 9.17) is 19.3 Å². The summed E-state index contributed by atoms with van der Waals surface area (Å²) < 4.78 is 16.4. The van der Waals surface area contributed by atoms with E-state index < -0.39 is 0 Å². The minimum Gasteiger partial charge on any atom is -0.497 e. The molecule has 9 nitrogen and oxygen atoms in total. The van der Waals surface area contributed by atoms with Gasteiger partial charge in [-0.15, -0.1) is 0 Å². The van der Waals surface area contributed by atoms with Gasteiger partial charge in [0.25, 0.3) is 5.91 Å². The molecule has 9 heteroatoms. The van der Waals surface area contributed by atoms with Crippen molar-refractivity contribution in [2.24, 2.45) is 5.10 Å². The van der Waals surface area contributed by atoms with Gasteiger partial charge in [0.05, 0.1) is 39.2 Å². The molecule has 1 saturated heterocycles. The van der Waals surface area contributed by atoms with Crippen molar-refractivity contribution in [3.05, 3.63) is 59.2 Å². The van der Waals surface area contributed by atoms with Gasteiger partial charge in [-0.3, -0.25) is 14.5 Å². The van der Waals surface area contributed by atoms with Gasteiger partial charge in [0.2, 0.25) is 5.91 Å². The number of hydrazone groups is 1. The zero-order valence-corrected chi connectivity index (χ0v) is 22.8. The lowest BCUT2D eigenvalue weighted by Gasteiger charge is -2.31. The first kappa shape index (κ1) is 27.6. The number of methoxy groups -OCH3 is 2. The highest BCUT2D eigenvalue weighted by atomic mass is 16.5. The zero-order valence-electron chi connectivity index (χ0n) is 22.8. The van der Waals surface area contributed by atoms with Crippen LogP contribution in [0.4, 0.5) is 0 Å². The first-order chi connectivity index (χ1) is 18.4. The fraction of sp³-hybridized carbons (Fsp3) is 0.483. The Morgan fingerprint density at radius 2 is 1.82 bits per heavy atom. The molecule has 0 spiro atoms. The van der Waals surface area contributed by atoms with Crippen molar-refractivity contribution in [1.29, 1.82) is 0 Å². The summed E-state index contributed by atoms with van der Waals surface area (Å²) in [6.45, 7) is 8.10. The highest BCUT2D eigenvalue weighted by Crippen LogP contribution is 2.36. The molecule has 0 N–H and O–H groups in total.